The predicted molar refractivity (Wildman–Crippen MR) is 123 cm³/mol. The van der Waals surface area contributed by atoms with Crippen LogP contribution in [0.15, 0.2) is 70.0 Å². The second-order valence-corrected chi connectivity index (χ2v) is 8.14. The van der Waals surface area contributed by atoms with Crippen LogP contribution in [0.25, 0.3) is 11.0 Å². The average molecular weight is 461 g/mol. The number of rotatable bonds is 3. The number of hydrogen-bond donors (Lipinski definition) is 0. The number of fused-ring (bicyclic) bond motifs is 2. The lowest BCUT2D eigenvalue weighted by molar-refractivity contribution is 0.0600. The molecule has 0 fully saturated rings. The number of ether oxygens (including phenoxy) is 1. The van der Waals surface area contributed by atoms with Gasteiger partial charge < -0.3 is 9.15 Å². The summed E-state index contributed by atoms with van der Waals surface area (Å²) >= 11 is 5.99. The number of anilines is 1. The number of carbonyl (C=O) groups is 2. The second-order valence-electron chi connectivity index (χ2n) is 7.70. The Kier molecular flexibility index (Phi) is 4.98. The molecule has 1 amide bonds. The van der Waals surface area contributed by atoms with E-state index in [0.29, 0.717) is 32.9 Å². The van der Waals surface area contributed by atoms with Crippen molar-refractivity contribution in [3.8, 4) is 0 Å². The molecule has 0 saturated heterocycles. The molecule has 33 heavy (non-hydrogen) atoms. The Bertz CT molecular complexity index is 1480. The Morgan fingerprint density at radius 3 is 2.52 bits per heavy atom. The van der Waals surface area contributed by atoms with E-state index < -0.39 is 17.9 Å². The van der Waals surface area contributed by atoms with Gasteiger partial charge in [0.2, 0.25) is 5.76 Å². The SMILES string of the molecule is COC(=O)c1ccc(C2c3c(oc4ccc(C)cc4c3=O)C(=O)N2c2ccc(Cl)cn2)cc1. The molecule has 2 aromatic carbocycles. The number of aryl methyl sites for hydroxylation is 1. The van der Waals surface area contributed by atoms with Crippen molar-refractivity contribution in [2.45, 2.75) is 13.0 Å². The van der Waals surface area contributed by atoms with Gasteiger partial charge in [-0.2, -0.15) is 0 Å². The van der Waals surface area contributed by atoms with E-state index in [1.165, 1.54) is 18.2 Å². The number of hydrogen-bond acceptors (Lipinski definition) is 6. The van der Waals surface area contributed by atoms with Crippen LogP contribution < -0.4 is 10.3 Å². The lowest BCUT2D eigenvalue weighted by atomic mass is 9.97. The third-order valence-corrected chi connectivity index (χ3v) is 5.86. The molecule has 5 rings (SSSR count). The minimum absolute atomic E-state index is 0.0323. The Labute approximate surface area is 193 Å². The zero-order chi connectivity index (χ0) is 23.3. The number of nitrogens with zero attached hydrogens (tertiary/aromatic N) is 2. The number of aromatic nitrogens is 1. The maximum absolute atomic E-state index is 13.6. The van der Waals surface area contributed by atoms with Crippen molar-refractivity contribution < 1.29 is 18.7 Å². The van der Waals surface area contributed by atoms with Crippen LogP contribution in [0.4, 0.5) is 5.82 Å². The van der Waals surface area contributed by atoms with Crippen molar-refractivity contribution in [3.05, 3.63) is 104 Å². The quantitative estimate of drug-likeness (QED) is 0.412. The summed E-state index contributed by atoms with van der Waals surface area (Å²) in [5.74, 6) is -0.685. The summed E-state index contributed by atoms with van der Waals surface area (Å²) in [5, 5.41) is 0.806. The van der Waals surface area contributed by atoms with E-state index in [4.69, 9.17) is 20.8 Å². The summed E-state index contributed by atoms with van der Waals surface area (Å²) in [5.41, 5.74) is 2.13. The van der Waals surface area contributed by atoms with Gasteiger partial charge in [-0.3, -0.25) is 14.5 Å². The van der Waals surface area contributed by atoms with Crippen molar-refractivity contribution in [1.82, 2.24) is 4.98 Å². The van der Waals surface area contributed by atoms with Gasteiger partial charge in [-0.05, 0) is 48.9 Å². The van der Waals surface area contributed by atoms with Crippen LogP contribution in [-0.4, -0.2) is 24.0 Å². The van der Waals surface area contributed by atoms with E-state index in [2.05, 4.69) is 4.98 Å². The fourth-order valence-electron chi connectivity index (χ4n) is 4.07. The lowest BCUT2D eigenvalue weighted by Gasteiger charge is -2.24. The first kappa shape index (κ1) is 20.9. The maximum Gasteiger partial charge on any atom is 0.337 e. The largest absolute Gasteiger partial charge is 0.465 e. The lowest BCUT2D eigenvalue weighted by Crippen LogP contribution is -2.30. The number of methoxy groups -OCH3 is 1. The molecule has 1 unspecified atom stereocenters. The van der Waals surface area contributed by atoms with Gasteiger partial charge in [0.15, 0.2) is 5.43 Å². The topological polar surface area (TPSA) is 89.7 Å². The molecular formula is C25H17ClN2O5. The van der Waals surface area contributed by atoms with Crippen molar-refractivity contribution in [2.75, 3.05) is 12.0 Å². The fourth-order valence-corrected chi connectivity index (χ4v) is 4.18. The van der Waals surface area contributed by atoms with Crippen LogP contribution in [0.2, 0.25) is 5.02 Å². The molecule has 0 radical (unpaired) electrons. The molecule has 0 spiro atoms. The molecule has 0 N–H and O–H groups in total. The monoisotopic (exact) mass is 460 g/mol. The molecule has 0 bridgehead atoms. The molecule has 1 aliphatic heterocycles. The molecule has 8 heteroatoms. The third-order valence-electron chi connectivity index (χ3n) is 5.63. The highest BCUT2D eigenvalue weighted by Crippen LogP contribution is 2.40. The normalized spacial score (nSPS) is 15.1. The maximum atomic E-state index is 13.6. The van der Waals surface area contributed by atoms with E-state index in [1.54, 1.807) is 48.5 Å². The number of esters is 1. The Hall–Kier alpha value is -3.97. The molecule has 2 aromatic heterocycles. The standard InChI is InChI=1S/C25H17ClN2O5/c1-13-3-9-18-17(11-13)22(29)20-21(14-4-6-15(7-5-14)25(31)32-2)28(24(30)23(20)33-18)19-10-8-16(26)12-27-19/h3-12,21H,1-2H3. The number of pyridine rings is 1. The van der Waals surface area contributed by atoms with Crippen LogP contribution in [0.5, 0.6) is 0 Å². The van der Waals surface area contributed by atoms with E-state index in [0.717, 1.165) is 5.56 Å². The molecule has 4 aromatic rings. The van der Waals surface area contributed by atoms with Crippen LogP contribution in [0.1, 0.15) is 43.6 Å². The van der Waals surface area contributed by atoms with Gasteiger partial charge >= 0.3 is 5.97 Å². The van der Waals surface area contributed by atoms with Crippen molar-refractivity contribution >= 4 is 40.3 Å². The third kappa shape index (κ3) is 3.37. The van der Waals surface area contributed by atoms with Gasteiger partial charge in [-0.15, -0.1) is 0 Å². The first-order valence-corrected chi connectivity index (χ1v) is 10.5. The van der Waals surface area contributed by atoms with E-state index in [1.807, 2.05) is 13.0 Å². The molecule has 0 aliphatic carbocycles. The number of amides is 1. The zero-order valence-corrected chi connectivity index (χ0v) is 18.4. The first-order valence-electron chi connectivity index (χ1n) is 10.1. The number of carbonyl (C=O) groups excluding carboxylic acids is 2. The van der Waals surface area contributed by atoms with Crippen LogP contribution in [0.3, 0.4) is 0 Å². The molecule has 164 valence electrons. The summed E-state index contributed by atoms with van der Waals surface area (Å²) in [6, 6.07) is 14.2. The summed E-state index contributed by atoms with van der Waals surface area (Å²) in [4.78, 5) is 44.7. The first-order chi connectivity index (χ1) is 15.9. The van der Waals surface area contributed by atoms with Crippen molar-refractivity contribution in [1.29, 1.82) is 0 Å². The summed E-state index contributed by atoms with van der Waals surface area (Å²) in [6.07, 6.45) is 1.43. The second kappa shape index (κ2) is 7.86. The highest BCUT2D eigenvalue weighted by molar-refractivity contribution is 6.30. The minimum atomic E-state index is -0.797. The van der Waals surface area contributed by atoms with Crippen LogP contribution in [0, 0.1) is 6.92 Å². The van der Waals surface area contributed by atoms with Crippen LogP contribution >= 0.6 is 11.6 Å². The highest BCUT2D eigenvalue weighted by atomic mass is 35.5. The average Bonchev–Trinajstić information content (AvgIpc) is 3.12. The van der Waals surface area contributed by atoms with Gasteiger partial charge in [0, 0.05) is 6.20 Å². The Balaban J connectivity index is 1.76. The number of halogens is 1. The minimum Gasteiger partial charge on any atom is -0.465 e. The summed E-state index contributed by atoms with van der Waals surface area (Å²) in [6.45, 7) is 1.88. The van der Waals surface area contributed by atoms with Crippen molar-refractivity contribution in [3.63, 3.8) is 0 Å². The fraction of sp³-hybridized carbons (Fsp3) is 0.120. The van der Waals surface area contributed by atoms with Gasteiger partial charge in [0.05, 0.1) is 34.7 Å². The van der Waals surface area contributed by atoms with E-state index >= 15 is 0 Å². The molecule has 7 nitrogen and oxygen atoms in total. The predicted octanol–water partition coefficient (Wildman–Crippen LogP) is 4.69. The Morgan fingerprint density at radius 2 is 1.85 bits per heavy atom. The van der Waals surface area contributed by atoms with Gasteiger partial charge in [0.1, 0.15) is 11.4 Å². The molecular weight excluding hydrogens is 444 g/mol. The summed E-state index contributed by atoms with van der Waals surface area (Å²) < 4.78 is 10.7. The van der Waals surface area contributed by atoms with Crippen molar-refractivity contribution in [2.24, 2.45) is 0 Å². The molecule has 0 saturated carbocycles. The smallest absolute Gasteiger partial charge is 0.337 e. The van der Waals surface area contributed by atoms with E-state index in [9.17, 15) is 14.4 Å². The van der Waals surface area contributed by atoms with Crippen LogP contribution in [-0.2, 0) is 4.74 Å². The Morgan fingerprint density at radius 1 is 1.09 bits per heavy atom. The van der Waals surface area contributed by atoms with Gasteiger partial charge in [-0.1, -0.05) is 35.4 Å². The molecule has 1 aliphatic rings. The van der Waals surface area contributed by atoms with E-state index in [-0.39, 0.29) is 16.8 Å². The molecule has 3 heterocycles. The van der Waals surface area contributed by atoms with Gasteiger partial charge in [0.25, 0.3) is 5.91 Å². The van der Waals surface area contributed by atoms with Gasteiger partial charge in [-0.25, -0.2) is 9.78 Å². The highest BCUT2D eigenvalue weighted by Gasteiger charge is 2.44. The summed E-state index contributed by atoms with van der Waals surface area (Å²) in [7, 11) is 1.30. The molecule has 1 atom stereocenters. The zero-order valence-electron chi connectivity index (χ0n) is 17.7. The number of benzene rings is 2.